The topological polar surface area (TPSA) is 24.8 Å². The zero-order valence-corrected chi connectivity index (χ0v) is 23.3. The van der Waals surface area contributed by atoms with E-state index in [9.17, 15) is 0 Å². The lowest BCUT2D eigenvalue weighted by molar-refractivity contribution is 0.195. The first-order valence-electron chi connectivity index (χ1n) is 14.6. The van der Waals surface area contributed by atoms with Gasteiger partial charge in [0.05, 0.1) is 12.3 Å². The normalized spacial score (nSPS) is 28.3. The van der Waals surface area contributed by atoms with Crippen LogP contribution in [0.3, 0.4) is 0 Å². The van der Waals surface area contributed by atoms with Crippen molar-refractivity contribution in [2.24, 2.45) is 10.9 Å². The van der Waals surface area contributed by atoms with Gasteiger partial charge in [-0.1, -0.05) is 98.5 Å². The third-order valence-electron chi connectivity index (χ3n) is 7.96. The van der Waals surface area contributed by atoms with Gasteiger partial charge in [0, 0.05) is 38.1 Å². The molecule has 1 aliphatic heterocycles. The van der Waals surface area contributed by atoms with Crippen molar-refractivity contribution in [2.45, 2.75) is 84.0 Å². The van der Waals surface area contributed by atoms with Gasteiger partial charge in [-0.25, -0.2) is 4.99 Å². The van der Waals surface area contributed by atoms with Crippen LogP contribution in [0.1, 0.15) is 89.5 Å². The quantitative estimate of drug-likeness (QED) is 0.318. The summed E-state index contributed by atoms with van der Waals surface area (Å²) in [5, 5.41) is 0. The summed E-state index contributed by atoms with van der Waals surface area (Å²) in [5.74, 6) is 1.71. The van der Waals surface area contributed by atoms with Crippen LogP contribution in [0.25, 0.3) is 0 Å². The lowest BCUT2D eigenvalue weighted by atomic mass is 9.82. The minimum atomic E-state index is 0.151. The molecule has 0 aromatic heterocycles. The van der Waals surface area contributed by atoms with Gasteiger partial charge < -0.3 is 9.64 Å². The number of hydrogen-bond donors (Lipinski definition) is 0. The van der Waals surface area contributed by atoms with Crippen molar-refractivity contribution >= 4 is 5.71 Å². The van der Waals surface area contributed by atoms with E-state index in [-0.39, 0.29) is 5.92 Å². The molecule has 2 aliphatic carbocycles. The first-order chi connectivity index (χ1) is 18.2. The Balaban J connectivity index is 1.65. The van der Waals surface area contributed by atoms with Gasteiger partial charge in [-0.05, 0) is 56.1 Å². The maximum atomic E-state index is 6.31. The van der Waals surface area contributed by atoms with Gasteiger partial charge in [0.1, 0.15) is 0 Å². The molecule has 1 unspecified atom stereocenters. The molecule has 3 heteroatoms. The van der Waals surface area contributed by atoms with Gasteiger partial charge in [-0.2, -0.15) is 0 Å². The number of aliphatic imine (C=N–C) groups is 1. The predicted octanol–water partition coefficient (Wildman–Crippen LogP) is 8.89. The molecule has 0 spiro atoms. The Hall–Kier alpha value is -2.81. The summed E-state index contributed by atoms with van der Waals surface area (Å²) in [4.78, 5) is 7.59. The van der Waals surface area contributed by atoms with Gasteiger partial charge in [0.2, 0.25) is 5.88 Å². The summed E-state index contributed by atoms with van der Waals surface area (Å²) in [6.45, 7) is 5.96. The molecule has 0 bridgehead atoms. The smallest absolute Gasteiger partial charge is 0.233 e. The third-order valence-corrected chi connectivity index (χ3v) is 7.96. The van der Waals surface area contributed by atoms with E-state index < -0.39 is 0 Å². The van der Waals surface area contributed by atoms with Crippen LogP contribution in [0.4, 0.5) is 0 Å². The molecule has 1 aromatic carbocycles. The summed E-state index contributed by atoms with van der Waals surface area (Å²) < 4.78 is 6.31. The van der Waals surface area contributed by atoms with Crippen LogP contribution in [-0.2, 0) is 4.74 Å². The highest BCUT2D eigenvalue weighted by atomic mass is 16.5. The van der Waals surface area contributed by atoms with E-state index in [2.05, 4.69) is 92.6 Å². The van der Waals surface area contributed by atoms with Gasteiger partial charge in [0.15, 0.2) is 0 Å². The van der Waals surface area contributed by atoms with Crippen LogP contribution in [0.2, 0.25) is 0 Å². The van der Waals surface area contributed by atoms with Gasteiger partial charge >= 0.3 is 0 Å². The van der Waals surface area contributed by atoms with Crippen molar-refractivity contribution in [3.05, 3.63) is 95.1 Å². The zero-order chi connectivity index (χ0) is 25.9. The average molecular weight is 499 g/mol. The Morgan fingerprint density at radius 2 is 1.78 bits per heavy atom. The fourth-order valence-corrected chi connectivity index (χ4v) is 5.69. The van der Waals surface area contributed by atoms with Crippen LogP contribution in [0.15, 0.2) is 94.5 Å². The number of benzene rings is 1. The molecule has 4 rings (SSSR count). The van der Waals surface area contributed by atoms with Crippen molar-refractivity contribution in [3.63, 3.8) is 0 Å². The Kier molecular flexibility index (Phi) is 10.5. The number of hydrogen-bond acceptors (Lipinski definition) is 3. The van der Waals surface area contributed by atoms with Crippen LogP contribution in [-0.4, -0.2) is 30.8 Å². The number of ether oxygens (including phenoxy) is 1. The Morgan fingerprint density at radius 1 is 0.973 bits per heavy atom. The minimum absolute atomic E-state index is 0.151. The lowest BCUT2D eigenvalue weighted by Crippen LogP contribution is -2.22. The Morgan fingerprint density at radius 3 is 2.54 bits per heavy atom. The Bertz CT molecular complexity index is 1050. The second-order valence-corrected chi connectivity index (χ2v) is 10.7. The monoisotopic (exact) mass is 498 g/mol. The molecular weight excluding hydrogens is 452 g/mol. The van der Waals surface area contributed by atoms with E-state index >= 15 is 0 Å². The molecule has 3 aliphatic rings. The van der Waals surface area contributed by atoms with Gasteiger partial charge in [-0.15, -0.1) is 0 Å². The molecule has 1 fully saturated rings. The van der Waals surface area contributed by atoms with Crippen LogP contribution < -0.4 is 0 Å². The van der Waals surface area contributed by atoms with E-state index in [1.165, 1.54) is 54.6 Å². The molecule has 1 atom stereocenters. The van der Waals surface area contributed by atoms with E-state index in [0.717, 1.165) is 50.4 Å². The summed E-state index contributed by atoms with van der Waals surface area (Å²) in [7, 11) is 2.14. The van der Waals surface area contributed by atoms with Crippen molar-refractivity contribution in [1.29, 1.82) is 0 Å². The zero-order valence-electron chi connectivity index (χ0n) is 23.3. The summed E-state index contributed by atoms with van der Waals surface area (Å²) >= 11 is 0. The molecular formula is C34H46N2O. The SMILES string of the molecule is CCCOC1=C(\N(C)CC)C/C=C/C(c2ccccc2)/C(C/C2=C/C/C=C(/C3CCCCC3)C=CC2)=N\1. The van der Waals surface area contributed by atoms with E-state index in [0.29, 0.717) is 6.61 Å². The van der Waals surface area contributed by atoms with Gasteiger partial charge in [-0.3, -0.25) is 0 Å². The summed E-state index contributed by atoms with van der Waals surface area (Å²) in [6.07, 6.45) is 26.0. The highest BCUT2D eigenvalue weighted by Crippen LogP contribution is 2.33. The molecule has 0 amide bonds. The predicted molar refractivity (Wildman–Crippen MR) is 158 cm³/mol. The second-order valence-electron chi connectivity index (χ2n) is 10.7. The molecule has 37 heavy (non-hydrogen) atoms. The first-order valence-corrected chi connectivity index (χ1v) is 14.6. The van der Waals surface area contributed by atoms with Crippen LogP contribution in [0.5, 0.6) is 0 Å². The van der Waals surface area contributed by atoms with Crippen LogP contribution in [0, 0.1) is 5.92 Å². The summed E-state index contributed by atoms with van der Waals surface area (Å²) in [6, 6.07) is 10.8. The van der Waals surface area contributed by atoms with E-state index in [1.807, 2.05) is 0 Å². The lowest BCUT2D eigenvalue weighted by Gasteiger charge is -2.26. The standard InChI is InChI=1S/C34H46N2O/c1-4-25-37-34-33(36(3)5-2)24-14-23-31(30-19-10-7-11-20-30)32(35-34)26-27-15-12-21-29(22-13-16-27)28-17-8-6-9-18-28/h7,10-12,14,16,19-23,28,31H,4-6,8-9,13,15,17-18,24-26H2,1-3H3/b21-12?,23-14+,27-16+,29-22+,34-33-,35-32-. The first kappa shape index (κ1) is 27.2. The molecule has 0 saturated heterocycles. The van der Waals surface area contributed by atoms with E-state index in [4.69, 9.17) is 9.73 Å². The van der Waals surface area contributed by atoms with Crippen LogP contribution >= 0.6 is 0 Å². The maximum Gasteiger partial charge on any atom is 0.233 e. The Labute approximate surface area is 225 Å². The second kappa shape index (κ2) is 14.2. The maximum absolute atomic E-state index is 6.31. The van der Waals surface area contributed by atoms with Crippen molar-refractivity contribution in [1.82, 2.24) is 4.90 Å². The highest BCUT2D eigenvalue weighted by molar-refractivity contribution is 5.95. The van der Waals surface area contributed by atoms with Crippen molar-refractivity contribution in [3.8, 4) is 0 Å². The number of rotatable bonds is 9. The minimum Gasteiger partial charge on any atom is -0.476 e. The molecule has 3 nitrogen and oxygen atoms in total. The number of allylic oxidation sites excluding steroid dienone is 8. The molecule has 1 aromatic rings. The average Bonchev–Trinajstić information content (AvgIpc) is 2.91. The molecule has 1 saturated carbocycles. The fourth-order valence-electron chi connectivity index (χ4n) is 5.69. The highest BCUT2D eigenvalue weighted by Gasteiger charge is 2.22. The largest absolute Gasteiger partial charge is 0.476 e. The van der Waals surface area contributed by atoms with E-state index in [1.54, 1.807) is 5.57 Å². The summed E-state index contributed by atoms with van der Waals surface area (Å²) in [5.41, 5.74) is 6.65. The molecule has 0 radical (unpaired) electrons. The van der Waals surface area contributed by atoms with Gasteiger partial charge in [0.25, 0.3) is 0 Å². The third kappa shape index (κ3) is 7.60. The van der Waals surface area contributed by atoms with Crippen molar-refractivity contribution in [2.75, 3.05) is 20.2 Å². The molecule has 1 heterocycles. The fraction of sp³-hybridized carbons (Fsp3) is 0.500. The van der Waals surface area contributed by atoms with Crippen molar-refractivity contribution < 1.29 is 4.74 Å². The molecule has 0 N–H and O–H groups in total. The molecule has 198 valence electrons. The number of nitrogens with zero attached hydrogens (tertiary/aromatic N) is 2.